The average Bonchev–Trinajstić information content (AvgIpc) is 3.24. The number of fused-ring (bicyclic) bond motifs is 3. The molecule has 6 nitrogen and oxygen atoms in total. The van der Waals surface area contributed by atoms with Gasteiger partial charge in [0.05, 0.1) is 17.5 Å². The van der Waals surface area contributed by atoms with Crippen LogP contribution in [0.1, 0.15) is 55.9 Å². The number of ether oxygens (including phenoxy) is 1. The third-order valence-electron chi connectivity index (χ3n) is 6.25. The van der Waals surface area contributed by atoms with Gasteiger partial charge < -0.3 is 4.74 Å². The second-order valence-corrected chi connectivity index (χ2v) is 10.3. The normalized spacial score (nSPS) is 17.5. The highest BCUT2D eigenvalue weighted by Crippen LogP contribution is 2.49. The highest BCUT2D eigenvalue weighted by atomic mass is 32.2. The molecule has 1 heterocycles. The summed E-state index contributed by atoms with van der Waals surface area (Å²) in [7, 11) is -3.95. The van der Waals surface area contributed by atoms with Crippen molar-refractivity contribution in [3.63, 3.8) is 0 Å². The Morgan fingerprint density at radius 2 is 1.65 bits per heavy atom. The summed E-state index contributed by atoms with van der Waals surface area (Å²) in [5.41, 5.74) is 3.34. The zero-order valence-corrected chi connectivity index (χ0v) is 19.6. The van der Waals surface area contributed by atoms with E-state index in [1.54, 1.807) is 30.3 Å². The molecule has 0 radical (unpaired) electrons. The second-order valence-electron chi connectivity index (χ2n) is 8.36. The van der Waals surface area contributed by atoms with E-state index in [-0.39, 0.29) is 34.1 Å². The van der Waals surface area contributed by atoms with Crippen LogP contribution in [0.4, 0.5) is 0 Å². The standard InChI is InChI=1S/C27H23NO5S/c1-3-33-24-15-20-22(29)13-14-23(30)25(20)21-16-28(27(26(21)24)18-7-5-4-6-8-18)34(31,32)19-11-9-17(2)10-12-19/h4-15,27H,3,16H2,1-2H3. The van der Waals surface area contributed by atoms with Crippen molar-refractivity contribution >= 4 is 21.6 Å². The van der Waals surface area contributed by atoms with Crippen LogP contribution in [0.15, 0.2) is 77.7 Å². The van der Waals surface area contributed by atoms with Gasteiger partial charge in [-0.05, 0) is 55.3 Å². The molecule has 0 saturated heterocycles. The van der Waals surface area contributed by atoms with Gasteiger partial charge in [0.1, 0.15) is 5.75 Å². The van der Waals surface area contributed by atoms with Crippen LogP contribution in [-0.2, 0) is 16.6 Å². The first kappa shape index (κ1) is 22.3. The summed E-state index contributed by atoms with van der Waals surface area (Å²) in [4.78, 5) is 25.7. The molecule has 0 bridgehead atoms. The predicted octanol–water partition coefficient (Wildman–Crippen LogP) is 4.62. The predicted molar refractivity (Wildman–Crippen MR) is 128 cm³/mol. The van der Waals surface area contributed by atoms with E-state index in [4.69, 9.17) is 4.74 Å². The minimum atomic E-state index is -3.95. The molecule has 172 valence electrons. The maximum atomic E-state index is 13.9. The molecular formula is C27H23NO5S. The Hall–Kier alpha value is -3.55. The van der Waals surface area contributed by atoms with Crippen LogP contribution in [0.3, 0.4) is 0 Å². The SMILES string of the molecule is CCOc1cc2c(c3c1C(c1ccccc1)N(S(=O)(=O)c1ccc(C)cc1)C3)C(=O)C=CC2=O. The topological polar surface area (TPSA) is 80.8 Å². The van der Waals surface area contributed by atoms with Crippen molar-refractivity contribution < 1.29 is 22.7 Å². The van der Waals surface area contributed by atoms with Crippen LogP contribution in [0.2, 0.25) is 0 Å². The van der Waals surface area contributed by atoms with E-state index >= 15 is 0 Å². The first-order chi connectivity index (χ1) is 16.3. The number of carbonyl (C=O) groups is 2. The number of sulfonamides is 1. The number of carbonyl (C=O) groups excluding carboxylic acids is 2. The Morgan fingerprint density at radius 3 is 2.32 bits per heavy atom. The third-order valence-corrected chi connectivity index (χ3v) is 8.08. The number of rotatable bonds is 5. The van der Waals surface area contributed by atoms with E-state index in [0.717, 1.165) is 11.1 Å². The van der Waals surface area contributed by atoms with Crippen LogP contribution >= 0.6 is 0 Å². The Morgan fingerprint density at radius 1 is 0.971 bits per heavy atom. The number of hydrogen-bond donors (Lipinski definition) is 0. The summed E-state index contributed by atoms with van der Waals surface area (Å²) < 4.78 is 35.1. The molecule has 1 aliphatic heterocycles. The number of nitrogens with zero attached hydrogens (tertiary/aromatic N) is 1. The molecule has 2 aliphatic rings. The van der Waals surface area contributed by atoms with Gasteiger partial charge in [-0.15, -0.1) is 0 Å². The zero-order chi connectivity index (χ0) is 24.0. The van der Waals surface area contributed by atoms with Gasteiger partial charge in [-0.3, -0.25) is 9.59 Å². The number of benzene rings is 3. The third kappa shape index (κ3) is 3.48. The van der Waals surface area contributed by atoms with Gasteiger partial charge in [-0.2, -0.15) is 4.31 Å². The van der Waals surface area contributed by atoms with Crippen molar-refractivity contribution in [1.82, 2.24) is 4.31 Å². The lowest BCUT2D eigenvalue weighted by atomic mass is 9.86. The molecule has 0 aromatic heterocycles. The molecular weight excluding hydrogens is 450 g/mol. The van der Waals surface area contributed by atoms with Crippen LogP contribution < -0.4 is 4.74 Å². The van der Waals surface area contributed by atoms with Gasteiger partial charge in [0.25, 0.3) is 0 Å². The van der Waals surface area contributed by atoms with Crippen molar-refractivity contribution in [2.45, 2.75) is 31.3 Å². The van der Waals surface area contributed by atoms with E-state index in [0.29, 0.717) is 23.5 Å². The molecule has 1 unspecified atom stereocenters. The highest BCUT2D eigenvalue weighted by Gasteiger charge is 2.45. The molecule has 5 rings (SSSR count). The lowest BCUT2D eigenvalue weighted by Crippen LogP contribution is -2.30. The average molecular weight is 474 g/mol. The van der Waals surface area contributed by atoms with Crippen molar-refractivity contribution in [2.75, 3.05) is 6.61 Å². The lowest BCUT2D eigenvalue weighted by Gasteiger charge is -2.26. The fourth-order valence-electron chi connectivity index (χ4n) is 4.69. The number of ketones is 2. The largest absolute Gasteiger partial charge is 0.493 e. The Labute approximate surface area is 198 Å². The van der Waals surface area contributed by atoms with Crippen LogP contribution in [0.5, 0.6) is 5.75 Å². The van der Waals surface area contributed by atoms with E-state index < -0.39 is 16.1 Å². The Bertz CT molecular complexity index is 1440. The molecule has 0 spiro atoms. The number of allylic oxidation sites excluding steroid dienone is 2. The van der Waals surface area contributed by atoms with E-state index in [1.807, 2.05) is 44.2 Å². The quantitative estimate of drug-likeness (QED) is 0.540. The molecule has 34 heavy (non-hydrogen) atoms. The second kappa shape index (κ2) is 8.34. The first-order valence-corrected chi connectivity index (χ1v) is 12.5. The molecule has 0 N–H and O–H groups in total. The maximum Gasteiger partial charge on any atom is 0.244 e. The molecule has 3 aromatic rings. The Balaban J connectivity index is 1.79. The molecule has 3 aromatic carbocycles. The Kier molecular flexibility index (Phi) is 5.46. The van der Waals surface area contributed by atoms with Crippen molar-refractivity contribution in [1.29, 1.82) is 0 Å². The lowest BCUT2D eigenvalue weighted by molar-refractivity contribution is 0.0993. The molecule has 0 saturated carbocycles. The van der Waals surface area contributed by atoms with Gasteiger partial charge in [0.2, 0.25) is 10.0 Å². The molecule has 0 fully saturated rings. The van der Waals surface area contributed by atoms with Gasteiger partial charge in [-0.25, -0.2) is 8.42 Å². The van der Waals surface area contributed by atoms with Crippen molar-refractivity contribution in [3.05, 3.63) is 106 Å². The van der Waals surface area contributed by atoms with Gasteiger partial charge in [0, 0.05) is 23.2 Å². The fraction of sp³-hybridized carbons (Fsp3) is 0.185. The van der Waals surface area contributed by atoms with E-state index in [9.17, 15) is 18.0 Å². The van der Waals surface area contributed by atoms with Crippen LogP contribution in [0, 0.1) is 6.92 Å². The number of aryl methyl sites for hydroxylation is 1. The minimum absolute atomic E-state index is 0.0405. The zero-order valence-electron chi connectivity index (χ0n) is 18.8. The van der Waals surface area contributed by atoms with Crippen LogP contribution in [0.25, 0.3) is 0 Å². The van der Waals surface area contributed by atoms with Gasteiger partial charge in [0.15, 0.2) is 11.6 Å². The maximum absolute atomic E-state index is 13.9. The van der Waals surface area contributed by atoms with Crippen molar-refractivity contribution in [3.8, 4) is 5.75 Å². The summed E-state index contributed by atoms with van der Waals surface area (Å²) in [6.07, 6.45) is 2.50. The molecule has 1 aliphatic carbocycles. The van der Waals surface area contributed by atoms with Crippen LogP contribution in [-0.4, -0.2) is 30.9 Å². The summed E-state index contributed by atoms with van der Waals surface area (Å²) in [5, 5.41) is 0. The molecule has 7 heteroatoms. The highest BCUT2D eigenvalue weighted by molar-refractivity contribution is 7.89. The summed E-state index contributed by atoms with van der Waals surface area (Å²) in [6.45, 7) is 4.01. The molecule has 1 atom stereocenters. The van der Waals surface area contributed by atoms with Gasteiger partial charge >= 0.3 is 0 Å². The van der Waals surface area contributed by atoms with E-state index in [2.05, 4.69) is 0 Å². The minimum Gasteiger partial charge on any atom is -0.493 e. The summed E-state index contributed by atoms with van der Waals surface area (Å²) in [5.74, 6) is -0.187. The van der Waals surface area contributed by atoms with Crippen molar-refractivity contribution in [2.24, 2.45) is 0 Å². The van der Waals surface area contributed by atoms with E-state index in [1.165, 1.54) is 16.5 Å². The monoisotopic (exact) mass is 473 g/mol. The summed E-state index contributed by atoms with van der Waals surface area (Å²) in [6, 6.07) is 16.9. The van der Waals surface area contributed by atoms with Gasteiger partial charge in [-0.1, -0.05) is 48.0 Å². The summed E-state index contributed by atoms with van der Waals surface area (Å²) >= 11 is 0. The number of hydrogen-bond acceptors (Lipinski definition) is 5. The fourth-order valence-corrected chi connectivity index (χ4v) is 6.25. The smallest absolute Gasteiger partial charge is 0.244 e. The molecule has 0 amide bonds. The first-order valence-electron chi connectivity index (χ1n) is 11.1.